The van der Waals surface area contributed by atoms with E-state index in [0.29, 0.717) is 0 Å². The second-order valence-electron chi connectivity index (χ2n) is 8.44. The van der Waals surface area contributed by atoms with E-state index in [1.54, 1.807) is 11.8 Å². The first-order valence-corrected chi connectivity index (χ1v) is 15.2. The molecule has 4 rings (SSSR count). The number of hydrogen-bond donors (Lipinski definition) is 0. The summed E-state index contributed by atoms with van der Waals surface area (Å²) in [6, 6.07) is 41.1. The van der Waals surface area contributed by atoms with Crippen molar-refractivity contribution in [2.45, 2.75) is 47.8 Å². The van der Waals surface area contributed by atoms with Gasteiger partial charge >= 0.3 is 23.3 Å². The van der Waals surface area contributed by atoms with Gasteiger partial charge in [-0.3, -0.25) is 0 Å². The molecule has 3 nitrogen and oxygen atoms in total. The molecule has 0 atom stereocenters. The summed E-state index contributed by atoms with van der Waals surface area (Å²) in [5, 5.41) is -7.11. The maximum absolute atomic E-state index is 12.2. The fourth-order valence-corrected chi connectivity index (χ4v) is 6.67. The van der Waals surface area contributed by atoms with Gasteiger partial charge in [-0.05, 0) is 60.7 Å². The molecule has 0 N–H and O–H groups in total. The van der Waals surface area contributed by atoms with Crippen LogP contribution in [0.4, 0.5) is 39.5 Å². The van der Waals surface area contributed by atoms with Crippen LogP contribution in [0, 0.1) is 0 Å². The Balaban J connectivity index is 0.000000261. The molecule has 4 aromatic carbocycles. The lowest BCUT2D eigenvalue weighted by atomic mass is 10.1. The van der Waals surface area contributed by atoms with Crippen LogP contribution in [-0.4, -0.2) is 36.2 Å². The van der Waals surface area contributed by atoms with E-state index in [2.05, 4.69) is 115 Å². The summed E-state index contributed by atoms with van der Waals surface area (Å²) < 4.78 is 135. The highest BCUT2D eigenvalue weighted by molar-refractivity contribution is 7.99. The third-order valence-corrected chi connectivity index (χ3v) is 9.56. The van der Waals surface area contributed by atoms with Crippen molar-refractivity contribution in [2.75, 3.05) is 0 Å². The number of rotatable bonds is 8. The minimum absolute atomic E-state index is 0.0786. The zero-order valence-corrected chi connectivity index (χ0v) is 23.8. The van der Waals surface area contributed by atoms with Crippen molar-refractivity contribution >= 4 is 32.8 Å². The highest BCUT2D eigenvalue weighted by Gasteiger charge is 2.83. The van der Waals surface area contributed by atoms with E-state index in [-0.39, 0.29) is 10.9 Å². The molecule has 15 heteroatoms. The topological polar surface area (TPSA) is 57.2 Å². The lowest BCUT2D eigenvalue weighted by Gasteiger charge is -2.34. The Morgan fingerprint density at radius 1 is 0.512 bits per heavy atom. The first-order valence-electron chi connectivity index (χ1n) is 11.7. The quantitative estimate of drug-likeness (QED) is 0.107. The standard InChI is InChI=1S/C24H19S2.C4HF9O3S/c1-4-10-20(11-5-1)25-21-16-18-24(19-17-21)26(22-12-6-2-7-13-22)23-14-8-3-9-15-23;5-1(6,3(9,10)11)2(7,8)4(12,13)17(14,15)16/h1-19H;(H,14,15,16)/q+1;/p-1. The van der Waals surface area contributed by atoms with Crippen LogP contribution in [0.5, 0.6) is 0 Å². The number of hydrogen-bond acceptors (Lipinski definition) is 4. The summed E-state index contributed by atoms with van der Waals surface area (Å²) in [4.78, 5) is 6.58. The van der Waals surface area contributed by atoms with Crippen molar-refractivity contribution in [3.8, 4) is 0 Å². The first-order chi connectivity index (χ1) is 19.9. The molecule has 0 saturated heterocycles. The molecule has 0 fully saturated rings. The average Bonchev–Trinajstić information content (AvgIpc) is 2.95. The Morgan fingerprint density at radius 3 is 1.23 bits per heavy atom. The molecule has 0 saturated carbocycles. The maximum Gasteiger partial charge on any atom is 0.460 e. The van der Waals surface area contributed by atoms with E-state index in [1.165, 1.54) is 24.5 Å². The van der Waals surface area contributed by atoms with E-state index >= 15 is 0 Å². The number of benzene rings is 4. The third-order valence-electron chi connectivity index (χ3n) is 5.43. The summed E-state index contributed by atoms with van der Waals surface area (Å²) in [7, 11) is -7.50. The SMILES string of the molecule is O=S(=O)([O-])C(F)(F)C(F)(F)C(F)(F)C(F)(F)F.c1ccc(Sc2ccc([S+](c3ccccc3)c3ccccc3)cc2)cc1. The summed E-state index contributed by atoms with van der Waals surface area (Å²) in [6.45, 7) is 0. The Bertz CT molecular complexity index is 1530. The molecule has 0 heterocycles. The fourth-order valence-electron chi connectivity index (χ4n) is 3.31. The second-order valence-corrected chi connectivity index (χ2v) is 13.0. The zero-order valence-electron chi connectivity index (χ0n) is 21.3. The van der Waals surface area contributed by atoms with Crippen LogP contribution in [0.3, 0.4) is 0 Å². The molecule has 0 aliphatic carbocycles. The van der Waals surface area contributed by atoms with Crippen molar-refractivity contribution in [2.24, 2.45) is 0 Å². The van der Waals surface area contributed by atoms with Gasteiger partial charge in [-0.15, -0.1) is 0 Å². The van der Waals surface area contributed by atoms with Crippen LogP contribution in [0.15, 0.2) is 140 Å². The lowest BCUT2D eigenvalue weighted by Crippen LogP contribution is -2.63. The smallest absolute Gasteiger partial charge is 0.460 e. The van der Waals surface area contributed by atoms with Crippen LogP contribution < -0.4 is 0 Å². The van der Waals surface area contributed by atoms with Gasteiger partial charge in [0.05, 0.1) is 10.9 Å². The van der Waals surface area contributed by atoms with Gasteiger partial charge in [0.15, 0.2) is 24.8 Å². The molecule has 0 spiro atoms. The second kappa shape index (κ2) is 13.2. The van der Waals surface area contributed by atoms with E-state index in [0.717, 1.165) is 0 Å². The Kier molecular flexibility index (Phi) is 10.6. The van der Waals surface area contributed by atoms with E-state index in [4.69, 9.17) is 0 Å². The van der Waals surface area contributed by atoms with Crippen LogP contribution >= 0.6 is 11.8 Å². The van der Waals surface area contributed by atoms with Gasteiger partial charge in [0.2, 0.25) is 0 Å². The fraction of sp³-hybridized carbons (Fsp3) is 0.143. The molecule has 43 heavy (non-hydrogen) atoms. The predicted octanol–water partition coefficient (Wildman–Crippen LogP) is 8.89. The lowest BCUT2D eigenvalue weighted by molar-refractivity contribution is -0.382. The molecule has 0 aromatic heterocycles. The van der Waals surface area contributed by atoms with Gasteiger partial charge in [0.25, 0.3) is 0 Å². The molecule has 0 bridgehead atoms. The van der Waals surface area contributed by atoms with E-state index in [1.807, 2.05) is 0 Å². The van der Waals surface area contributed by atoms with Gasteiger partial charge in [0, 0.05) is 9.79 Å². The third kappa shape index (κ3) is 7.69. The predicted molar refractivity (Wildman–Crippen MR) is 143 cm³/mol. The van der Waals surface area contributed by atoms with Crippen LogP contribution in [0.1, 0.15) is 0 Å². The van der Waals surface area contributed by atoms with Crippen molar-refractivity contribution in [1.82, 2.24) is 0 Å². The Labute approximate surface area is 247 Å². The number of halogens is 9. The molecular weight excluding hydrogens is 651 g/mol. The zero-order chi connectivity index (χ0) is 32.1. The summed E-state index contributed by atoms with van der Waals surface area (Å²) >= 11 is 1.80. The minimum Gasteiger partial charge on any atom is -0.743 e. The highest BCUT2D eigenvalue weighted by atomic mass is 32.2. The average molecular weight is 671 g/mol. The van der Waals surface area contributed by atoms with Crippen LogP contribution in [0.25, 0.3) is 0 Å². The van der Waals surface area contributed by atoms with Crippen molar-refractivity contribution in [1.29, 1.82) is 0 Å². The molecule has 0 unspecified atom stereocenters. The first kappa shape index (κ1) is 34.4. The maximum atomic E-state index is 12.2. The summed E-state index contributed by atoms with van der Waals surface area (Å²) in [5.74, 6) is -14.8. The molecular formula is C28H19F9O3S3. The largest absolute Gasteiger partial charge is 0.743 e. The van der Waals surface area contributed by atoms with Gasteiger partial charge in [-0.2, -0.15) is 39.5 Å². The monoisotopic (exact) mass is 670 g/mol. The van der Waals surface area contributed by atoms with Gasteiger partial charge in [-0.1, -0.05) is 66.4 Å². The Morgan fingerprint density at radius 2 is 0.860 bits per heavy atom. The summed E-state index contributed by atoms with van der Waals surface area (Å²) in [5.41, 5.74) is 0. The number of alkyl halides is 9. The molecule has 0 amide bonds. The van der Waals surface area contributed by atoms with E-state index < -0.39 is 33.4 Å². The molecule has 4 aromatic rings. The van der Waals surface area contributed by atoms with Crippen LogP contribution in [-0.2, 0) is 21.0 Å². The molecule has 230 valence electrons. The minimum atomic E-state index is -7.43. The van der Waals surface area contributed by atoms with Gasteiger partial charge in [-0.25, -0.2) is 8.42 Å². The molecule has 0 aliphatic heterocycles. The summed E-state index contributed by atoms with van der Waals surface area (Å²) in [6.07, 6.45) is -7.16. The van der Waals surface area contributed by atoms with Gasteiger partial charge in [0.1, 0.15) is 0 Å². The molecule has 0 radical (unpaired) electrons. The van der Waals surface area contributed by atoms with Crippen molar-refractivity contribution in [3.05, 3.63) is 115 Å². The van der Waals surface area contributed by atoms with Gasteiger partial charge < -0.3 is 4.55 Å². The van der Waals surface area contributed by atoms with Crippen molar-refractivity contribution < 1.29 is 52.5 Å². The highest BCUT2D eigenvalue weighted by Crippen LogP contribution is 2.54. The van der Waals surface area contributed by atoms with E-state index in [9.17, 15) is 52.5 Å². The Hall–Kier alpha value is -3.14. The normalized spacial score (nSPS) is 12.9. The molecule has 0 aliphatic rings. The van der Waals surface area contributed by atoms with Crippen molar-refractivity contribution in [3.63, 3.8) is 0 Å². The van der Waals surface area contributed by atoms with Crippen LogP contribution in [0.2, 0.25) is 0 Å².